The van der Waals surface area contributed by atoms with E-state index in [0.29, 0.717) is 0 Å². The number of nitrogens with zero attached hydrogens (tertiary/aromatic N) is 1. The maximum absolute atomic E-state index is 2.38. The van der Waals surface area contributed by atoms with Crippen molar-refractivity contribution in [2.75, 3.05) is 26.2 Å². The molecule has 0 atom stereocenters. The number of quaternary nitrogens is 1. The molecule has 1 rings (SSSR count). The van der Waals surface area contributed by atoms with Crippen LogP contribution < -0.4 is 4.70 Å². The van der Waals surface area contributed by atoms with Crippen LogP contribution in [-0.2, 0) is 0 Å². The van der Waals surface area contributed by atoms with Crippen LogP contribution in [0.15, 0.2) is 0 Å². The van der Waals surface area contributed by atoms with Crippen molar-refractivity contribution in [2.45, 2.75) is 58.8 Å². The zero-order chi connectivity index (χ0) is 10.3. The lowest BCUT2D eigenvalue weighted by molar-refractivity contribution is -0.931. The molecular weight excluding hydrogens is 189 g/mol. The lowest BCUT2D eigenvalue weighted by atomic mass is 10.1. The van der Waals surface area contributed by atoms with Crippen molar-refractivity contribution in [3.8, 4) is 0 Å². The number of piperidine rings is 1. The summed E-state index contributed by atoms with van der Waals surface area (Å²) in [6.07, 6.45) is 10.1. The highest BCUT2D eigenvalue weighted by atomic mass is 19.0. The minimum atomic E-state index is 0. The Morgan fingerprint density at radius 3 is 2.07 bits per heavy atom. The molecule has 0 aliphatic carbocycles. The number of unbranched alkanes of at least 4 members (excludes halogenated alkanes) is 3. The second kappa shape index (κ2) is 8.09. The Labute approximate surface area is 94.8 Å². The first-order valence-electron chi connectivity index (χ1n) is 6.68. The van der Waals surface area contributed by atoms with E-state index >= 15 is 0 Å². The molecule has 0 N–H and O–H groups in total. The SMILES string of the molecule is CCCCCC[N+]1(CC)CCCCC1.[F-]. The highest BCUT2D eigenvalue weighted by molar-refractivity contribution is 4.54. The number of likely N-dealkylation sites (tertiary alicyclic amines) is 1. The fourth-order valence-electron chi connectivity index (χ4n) is 2.75. The molecule has 0 aromatic carbocycles. The van der Waals surface area contributed by atoms with Crippen LogP contribution in [0.5, 0.6) is 0 Å². The van der Waals surface area contributed by atoms with Gasteiger partial charge in [-0.25, -0.2) is 0 Å². The zero-order valence-corrected chi connectivity index (χ0v) is 10.6. The van der Waals surface area contributed by atoms with E-state index in [1.54, 1.807) is 0 Å². The molecule has 2 heteroatoms. The molecule has 0 bridgehead atoms. The molecule has 92 valence electrons. The Hall–Kier alpha value is -0.110. The third kappa shape index (κ3) is 4.96. The summed E-state index contributed by atoms with van der Waals surface area (Å²) in [5, 5.41) is 0. The van der Waals surface area contributed by atoms with Gasteiger partial charge in [-0.1, -0.05) is 19.8 Å². The molecule has 1 aliphatic heterocycles. The number of hydrogen-bond donors (Lipinski definition) is 0. The van der Waals surface area contributed by atoms with Crippen molar-refractivity contribution >= 4 is 0 Å². The monoisotopic (exact) mass is 217 g/mol. The van der Waals surface area contributed by atoms with E-state index in [2.05, 4.69) is 13.8 Å². The summed E-state index contributed by atoms with van der Waals surface area (Å²) in [6, 6.07) is 0. The molecule has 0 unspecified atom stereocenters. The summed E-state index contributed by atoms with van der Waals surface area (Å²) in [7, 11) is 0. The van der Waals surface area contributed by atoms with E-state index in [1.165, 1.54) is 75.6 Å². The molecule has 1 nitrogen and oxygen atoms in total. The molecule has 15 heavy (non-hydrogen) atoms. The molecule has 1 aliphatic rings. The Morgan fingerprint density at radius 2 is 1.53 bits per heavy atom. The molecule has 1 heterocycles. The van der Waals surface area contributed by atoms with Crippen LogP contribution in [0, 0.1) is 0 Å². The quantitative estimate of drug-likeness (QED) is 0.451. The van der Waals surface area contributed by atoms with Gasteiger partial charge < -0.3 is 9.19 Å². The van der Waals surface area contributed by atoms with E-state index in [9.17, 15) is 0 Å². The Bertz CT molecular complexity index is 141. The van der Waals surface area contributed by atoms with Crippen LogP contribution in [0.3, 0.4) is 0 Å². The van der Waals surface area contributed by atoms with Gasteiger partial charge in [-0.2, -0.15) is 0 Å². The topological polar surface area (TPSA) is 0 Å². The normalized spacial score (nSPS) is 19.6. The van der Waals surface area contributed by atoms with E-state index < -0.39 is 0 Å². The second-order valence-electron chi connectivity index (χ2n) is 4.95. The van der Waals surface area contributed by atoms with Crippen molar-refractivity contribution < 1.29 is 9.19 Å². The zero-order valence-electron chi connectivity index (χ0n) is 10.6. The predicted octanol–water partition coefficient (Wildman–Crippen LogP) is 0.591. The second-order valence-corrected chi connectivity index (χ2v) is 4.95. The van der Waals surface area contributed by atoms with Crippen LogP contribution in [0.25, 0.3) is 0 Å². The molecule has 0 aromatic rings. The molecule has 0 radical (unpaired) electrons. The summed E-state index contributed by atoms with van der Waals surface area (Å²) in [6.45, 7) is 10.4. The standard InChI is InChI=1S/C13H28N.FH/c1-3-5-6-8-11-14(4-2)12-9-7-10-13-14;/h3-13H2,1-2H3;1H/q+1;/p-1. The summed E-state index contributed by atoms with van der Waals surface area (Å²) >= 11 is 0. The summed E-state index contributed by atoms with van der Waals surface area (Å²) in [5.74, 6) is 0. The van der Waals surface area contributed by atoms with Crippen LogP contribution >= 0.6 is 0 Å². The minimum absolute atomic E-state index is 0. The Kier molecular flexibility index (Phi) is 8.03. The molecular formula is C13H28FN. The van der Waals surface area contributed by atoms with Crippen molar-refractivity contribution in [3.05, 3.63) is 0 Å². The van der Waals surface area contributed by atoms with E-state index in [4.69, 9.17) is 0 Å². The fourth-order valence-corrected chi connectivity index (χ4v) is 2.75. The predicted molar refractivity (Wildman–Crippen MR) is 63.4 cm³/mol. The number of rotatable bonds is 6. The lowest BCUT2D eigenvalue weighted by Gasteiger charge is -2.41. The highest BCUT2D eigenvalue weighted by Gasteiger charge is 2.26. The van der Waals surface area contributed by atoms with Gasteiger partial charge in [0, 0.05) is 0 Å². The summed E-state index contributed by atoms with van der Waals surface area (Å²) < 4.78 is 1.43. The maximum Gasteiger partial charge on any atom is 0.0786 e. The van der Waals surface area contributed by atoms with Gasteiger partial charge in [-0.05, 0) is 39.0 Å². The molecule has 0 spiro atoms. The van der Waals surface area contributed by atoms with Crippen LogP contribution in [0.4, 0.5) is 0 Å². The first-order valence-corrected chi connectivity index (χ1v) is 6.68. The van der Waals surface area contributed by atoms with Crippen LogP contribution in [0.1, 0.15) is 58.8 Å². The highest BCUT2D eigenvalue weighted by Crippen LogP contribution is 2.19. The first kappa shape index (κ1) is 14.9. The van der Waals surface area contributed by atoms with Crippen LogP contribution in [-0.4, -0.2) is 30.7 Å². The van der Waals surface area contributed by atoms with Crippen molar-refractivity contribution in [2.24, 2.45) is 0 Å². The maximum atomic E-state index is 2.38. The van der Waals surface area contributed by atoms with E-state index in [1.807, 2.05) is 0 Å². The van der Waals surface area contributed by atoms with Crippen molar-refractivity contribution in [3.63, 3.8) is 0 Å². The summed E-state index contributed by atoms with van der Waals surface area (Å²) in [4.78, 5) is 0. The summed E-state index contributed by atoms with van der Waals surface area (Å²) in [5.41, 5.74) is 0. The Balaban J connectivity index is 0.00000196. The average Bonchev–Trinajstić information content (AvgIpc) is 2.26. The van der Waals surface area contributed by atoms with Gasteiger partial charge in [-0.15, -0.1) is 0 Å². The van der Waals surface area contributed by atoms with Gasteiger partial charge in [-0.3, -0.25) is 0 Å². The van der Waals surface area contributed by atoms with Gasteiger partial charge in [0.05, 0.1) is 26.2 Å². The third-order valence-corrected chi connectivity index (χ3v) is 3.92. The largest absolute Gasteiger partial charge is 1.00 e. The van der Waals surface area contributed by atoms with Crippen molar-refractivity contribution in [1.82, 2.24) is 0 Å². The van der Waals surface area contributed by atoms with Gasteiger partial charge in [0.15, 0.2) is 0 Å². The average molecular weight is 217 g/mol. The molecule has 1 saturated heterocycles. The fraction of sp³-hybridized carbons (Fsp3) is 1.00. The van der Waals surface area contributed by atoms with Crippen LogP contribution in [0.2, 0.25) is 0 Å². The smallest absolute Gasteiger partial charge is 0.0786 e. The number of halogens is 1. The Morgan fingerprint density at radius 1 is 0.867 bits per heavy atom. The van der Waals surface area contributed by atoms with Gasteiger partial charge in [0.25, 0.3) is 0 Å². The van der Waals surface area contributed by atoms with Gasteiger partial charge >= 0.3 is 0 Å². The number of hydrogen-bond acceptors (Lipinski definition) is 0. The molecule has 0 saturated carbocycles. The van der Waals surface area contributed by atoms with E-state index in [0.717, 1.165) is 0 Å². The first-order chi connectivity index (χ1) is 6.83. The minimum Gasteiger partial charge on any atom is -1.00 e. The van der Waals surface area contributed by atoms with Gasteiger partial charge in [0.2, 0.25) is 0 Å². The molecule has 1 fully saturated rings. The third-order valence-electron chi connectivity index (χ3n) is 3.92. The molecule has 0 amide bonds. The van der Waals surface area contributed by atoms with Gasteiger partial charge in [0.1, 0.15) is 0 Å². The molecule has 0 aromatic heterocycles. The van der Waals surface area contributed by atoms with E-state index in [-0.39, 0.29) is 4.70 Å². The lowest BCUT2D eigenvalue weighted by Crippen LogP contribution is -3.00. The van der Waals surface area contributed by atoms with Crippen molar-refractivity contribution in [1.29, 1.82) is 0 Å².